The molecule has 6 nitrogen and oxygen atoms in total. The molecule has 118 valence electrons. The Morgan fingerprint density at radius 2 is 1.75 bits per heavy atom. The molecule has 0 unspecified atom stereocenters. The van der Waals surface area contributed by atoms with E-state index >= 15 is 0 Å². The van der Waals surface area contributed by atoms with Gasteiger partial charge in [-0.05, 0) is 30.3 Å². The first-order valence-electron chi connectivity index (χ1n) is 6.83. The van der Waals surface area contributed by atoms with Crippen LogP contribution in [0.15, 0.2) is 48.7 Å². The number of rotatable bonds is 4. The van der Waals surface area contributed by atoms with E-state index in [2.05, 4.69) is 31.9 Å². The molecule has 0 saturated carbocycles. The minimum Gasteiger partial charge on any atom is -0.336 e. The summed E-state index contributed by atoms with van der Waals surface area (Å²) in [6.07, 6.45) is 1.45. The molecule has 3 aromatic rings. The van der Waals surface area contributed by atoms with Gasteiger partial charge in [0.2, 0.25) is 5.95 Å². The molecule has 24 heavy (non-hydrogen) atoms. The highest BCUT2D eigenvalue weighted by molar-refractivity contribution is 6.39. The number of nitriles is 1. The lowest BCUT2D eigenvalue weighted by Gasteiger charge is -2.10. The van der Waals surface area contributed by atoms with Crippen molar-refractivity contribution in [2.24, 2.45) is 0 Å². The Morgan fingerprint density at radius 3 is 2.50 bits per heavy atom. The van der Waals surface area contributed by atoms with Gasteiger partial charge in [-0.1, -0.05) is 35.3 Å². The standard InChI is InChI=1S/C16H10Cl2N6/c17-12-5-2-6-13(18)15(12)22-14-9-20-24-16(23-14)21-11-4-1-3-10(7-11)8-19/h1-7,9H,(H2,21,22,23,24). The lowest BCUT2D eigenvalue weighted by Crippen LogP contribution is -2.03. The van der Waals surface area contributed by atoms with Gasteiger partial charge >= 0.3 is 0 Å². The molecular weight excluding hydrogens is 347 g/mol. The van der Waals surface area contributed by atoms with E-state index in [4.69, 9.17) is 28.5 Å². The van der Waals surface area contributed by atoms with Crippen molar-refractivity contribution in [1.29, 1.82) is 5.26 Å². The van der Waals surface area contributed by atoms with E-state index in [0.717, 1.165) is 0 Å². The fourth-order valence-corrected chi connectivity index (χ4v) is 2.45. The van der Waals surface area contributed by atoms with Crippen molar-refractivity contribution < 1.29 is 0 Å². The molecule has 0 aliphatic rings. The van der Waals surface area contributed by atoms with E-state index in [1.165, 1.54) is 6.20 Å². The normalized spacial score (nSPS) is 10.0. The van der Waals surface area contributed by atoms with Crippen LogP contribution in [-0.4, -0.2) is 15.2 Å². The number of hydrogen-bond donors (Lipinski definition) is 2. The van der Waals surface area contributed by atoms with Crippen molar-refractivity contribution in [3.63, 3.8) is 0 Å². The Kier molecular flexibility index (Phi) is 4.75. The van der Waals surface area contributed by atoms with Crippen LogP contribution < -0.4 is 10.6 Å². The molecule has 1 aromatic heterocycles. The second kappa shape index (κ2) is 7.13. The summed E-state index contributed by atoms with van der Waals surface area (Å²) in [5.41, 5.74) is 1.76. The third-order valence-corrected chi connectivity index (χ3v) is 3.65. The summed E-state index contributed by atoms with van der Waals surface area (Å²) >= 11 is 12.3. The molecule has 0 radical (unpaired) electrons. The van der Waals surface area contributed by atoms with Crippen molar-refractivity contribution in [2.75, 3.05) is 10.6 Å². The lowest BCUT2D eigenvalue weighted by atomic mass is 10.2. The Balaban J connectivity index is 1.83. The van der Waals surface area contributed by atoms with E-state index in [1.54, 1.807) is 42.5 Å². The van der Waals surface area contributed by atoms with Crippen molar-refractivity contribution in [3.05, 3.63) is 64.3 Å². The predicted octanol–water partition coefficient (Wildman–Crippen LogP) is 4.54. The minimum absolute atomic E-state index is 0.276. The van der Waals surface area contributed by atoms with Gasteiger partial charge < -0.3 is 10.6 Å². The highest BCUT2D eigenvalue weighted by Gasteiger charge is 2.08. The SMILES string of the molecule is N#Cc1cccc(Nc2nncc(Nc3c(Cl)cccc3Cl)n2)c1. The van der Waals surface area contributed by atoms with Crippen LogP contribution in [0.3, 0.4) is 0 Å². The van der Waals surface area contributed by atoms with Crippen LogP contribution in [-0.2, 0) is 0 Å². The minimum atomic E-state index is 0.276. The van der Waals surface area contributed by atoms with Crippen molar-refractivity contribution in [1.82, 2.24) is 15.2 Å². The summed E-state index contributed by atoms with van der Waals surface area (Å²) in [6.45, 7) is 0. The van der Waals surface area contributed by atoms with E-state index < -0.39 is 0 Å². The average molecular weight is 357 g/mol. The molecule has 0 aliphatic carbocycles. The molecule has 2 aromatic carbocycles. The first-order valence-corrected chi connectivity index (χ1v) is 7.59. The molecule has 0 spiro atoms. The number of benzene rings is 2. The molecule has 0 aliphatic heterocycles. The maximum Gasteiger partial charge on any atom is 0.249 e. The molecule has 0 atom stereocenters. The number of aromatic nitrogens is 3. The van der Waals surface area contributed by atoms with E-state index in [0.29, 0.717) is 32.8 Å². The highest BCUT2D eigenvalue weighted by Crippen LogP contribution is 2.32. The lowest BCUT2D eigenvalue weighted by molar-refractivity contribution is 0.982. The van der Waals surface area contributed by atoms with Crippen LogP contribution in [0.25, 0.3) is 0 Å². The predicted molar refractivity (Wildman–Crippen MR) is 94.0 cm³/mol. The van der Waals surface area contributed by atoms with Crippen LogP contribution in [0.2, 0.25) is 10.0 Å². The number of anilines is 4. The van der Waals surface area contributed by atoms with E-state index in [-0.39, 0.29) is 5.95 Å². The number of hydrogen-bond acceptors (Lipinski definition) is 6. The van der Waals surface area contributed by atoms with Crippen LogP contribution >= 0.6 is 23.2 Å². The fourth-order valence-electron chi connectivity index (χ4n) is 1.96. The Bertz CT molecular complexity index is 902. The van der Waals surface area contributed by atoms with Gasteiger partial charge in [0.1, 0.15) is 0 Å². The first kappa shape index (κ1) is 16.0. The summed E-state index contributed by atoms with van der Waals surface area (Å²) in [7, 11) is 0. The van der Waals surface area contributed by atoms with Gasteiger partial charge in [0.15, 0.2) is 5.82 Å². The zero-order valence-corrected chi connectivity index (χ0v) is 13.7. The average Bonchev–Trinajstić information content (AvgIpc) is 2.59. The Labute approximate surface area is 148 Å². The van der Waals surface area contributed by atoms with Gasteiger partial charge in [0.05, 0.1) is 33.6 Å². The number of nitrogens with zero attached hydrogens (tertiary/aromatic N) is 4. The summed E-state index contributed by atoms with van der Waals surface area (Å²) in [5.74, 6) is 0.706. The van der Waals surface area contributed by atoms with Gasteiger partial charge in [0, 0.05) is 5.69 Å². The number of nitrogens with one attached hydrogen (secondary N) is 2. The Morgan fingerprint density at radius 1 is 1.00 bits per heavy atom. The van der Waals surface area contributed by atoms with Crippen LogP contribution in [0.4, 0.5) is 23.1 Å². The summed E-state index contributed by atoms with van der Waals surface area (Å²) in [6, 6.07) is 14.2. The third-order valence-electron chi connectivity index (χ3n) is 3.02. The van der Waals surface area contributed by atoms with Gasteiger partial charge in [-0.2, -0.15) is 15.3 Å². The van der Waals surface area contributed by atoms with Gasteiger partial charge in [-0.15, -0.1) is 5.10 Å². The Hall–Kier alpha value is -2.88. The molecule has 1 heterocycles. The molecule has 3 rings (SSSR count). The van der Waals surface area contributed by atoms with Gasteiger partial charge in [-0.25, -0.2) is 0 Å². The third kappa shape index (κ3) is 3.71. The second-order valence-electron chi connectivity index (χ2n) is 4.70. The summed E-state index contributed by atoms with van der Waals surface area (Å²) in [5, 5.41) is 23.7. The maximum absolute atomic E-state index is 8.93. The van der Waals surface area contributed by atoms with Crippen LogP contribution in [0, 0.1) is 11.3 Å². The topological polar surface area (TPSA) is 86.5 Å². The zero-order chi connectivity index (χ0) is 16.9. The number of para-hydroxylation sites is 1. The van der Waals surface area contributed by atoms with E-state index in [1.807, 2.05) is 0 Å². The number of halogens is 2. The monoisotopic (exact) mass is 356 g/mol. The van der Waals surface area contributed by atoms with E-state index in [9.17, 15) is 0 Å². The maximum atomic E-state index is 8.93. The smallest absolute Gasteiger partial charge is 0.249 e. The van der Waals surface area contributed by atoms with Gasteiger partial charge in [0.25, 0.3) is 0 Å². The first-order chi connectivity index (χ1) is 11.7. The molecule has 0 amide bonds. The largest absolute Gasteiger partial charge is 0.336 e. The molecule has 2 N–H and O–H groups in total. The quantitative estimate of drug-likeness (QED) is 0.713. The second-order valence-corrected chi connectivity index (χ2v) is 5.52. The van der Waals surface area contributed by atoms with Crippen LogP contribution in [0.1, 0.15) is 5.56 Å². The van der Waals surface area contributed by atoms with Gasteiger partial charge in [-0.3, -0.25) is 0 Å². The molecule has 0 fully saturated rings. The fraction of sp³-hybridized carbons (Fsp3) is 0. The van der Waals surface area contributed by atoms with Crippen molar-refractivity contribution in [3.8, 4) is 6.07 Å². The molecular formula is C16H10Cl2N6. The van der Waals surface area contributed by atoms with Crippen molar-refractivity contribution in [2.45, 2.75) is 0 Å². The summed E-state index contributed by atoms with van der Waals surface area (Å²) < 4.78 is 0. The summed E-state index contributed by atoms with van der Waals surface area (Å²) in [4.78, 5) is 4.31. The van der Waals surface area contributed by atoms with Crippen molar-refractivity contribution >= 4 is 46.3 Å². The molecule has 0 saturated heterocycles. The highest BCUT2D eigenvalue weighted by atomic mass is 35.5. The zero-order valence-electron chi connectivity index (χ0n) is 12.2. The molecule has 8 heteroatoms. The van der Waals surface area contributed by atoms with Crippen LogP contribution in [0.5, 0.6) is 0 Å². The molecule has 0 bridgehead atoms.